The minimum absolute atomic E-state index is 0.353. The van der Waals surface area contributed by atoms with Gasteiger partial charge >= 0.3 is 0 Å². The molecule has 2 aromatic heterocycles. The molecule has 0 saturated heterocycles. The molecule has 0 amide bonds. The largest absolute Gasteiger partial charge is 0.310 e. The Bertz CT molecular complexity index is 764. The fourth-order valence-electron chi connectivity index (χ4n) is 2.39. The number of aryl methyl sites for hydroxylation is 1. The summed E-state index contributed by atoms with van der Waals surface area (Å²) in [4.78, 5) is 10.4. The van der Waals surface area contributed by atoms with Crippen molar-refractivity contribution in [1.29, 1.82) is 0 Å². The van der Waals surface area contributed by atoms with Crippen molar-refractivity contribution in [3.05, 3.63) is 47.1 Å². The van der Waals surface area contributed by atoms with Gasteiger partial charge in [0.1, 0.15) is 5.01 Å². The second-order valence-electron chi connectivity index (χ2n) is 5.21. The van der Waals surface area contributed by atoms with E-state index in [1.54, 1.807) is 11.3 Å². The van der Waals surface area contributed by atoms with Gasteiger partial charge in [0.25, 0.3) is 0 Å². The van der Waals surface area contributed by atoms with Crippen molar-refractivity contribution in [3.8, 4) is 10.6 Å². The maximum absolute atomic E-state index is 4.57. The quantitative estimate of drug-likeness (QED) is 0.778. The Hall–Kier alpha value is -1.78. The molecule has 0 radical (unpaired) electrons. The molecule has 1 aromatic carbocycles. The molecule has 0 aliphatic rings. The molecule has 0 fully saturated rings. The Morgan fingerprint density at radius 2 is 2.10 bits per heavy atom. The van der Waals surface area contributed by atoms with E-state index in [1.807, 2.05) is 19.2 Å². The Morgan fingerprint density at radius 1 is 1.24 bits per heavy atom. The molecule has 108 valence electrons. The number of hydrogen-bond acceptors (Lipinski definition) is 4. The maximum Gasteiger partial charge on any atom is 0.123 e. The molecule has 0 bridgehead atoms. The summed E-state index contributed by atoms with van der Waals surface area (Å²) in [6.07, 6.45) is 1.98. The van der Waals surface area contributed by atoms with E-state index in [9.17, 15) is 0 Å². The van der Waals surface area contributed by atoms with E-state index >= 15 is 0 Å². The minimum Gasteiger partial charge on any atom is -0.310 e. The lowest BCUT2D eigenvalue weighted by Gasteiger charge is -2.08. The average Bonchev–Trinajstić information content (AvgIpc) is 2.97. The molecule has 2 heterocycles. The Kier molecular flexibility index (Phi) is 3.99. The summed E-state index contributed by atoms with van der Waals surface area (Å²) >= 11 is 1.75. The zero-order valence-electron chi connectivity index (χ0n) is 12.6. The summed E-state index contributed by atoms with van der Waals surface area (Å²) in [5.74, 6) is 0. The van der Waals surface area contributed by atoms with Crippen LogP contribution in [0.15, 0.2) is 36.5 Å². The van der Waals surface area contributed by atoms with Crippen LogP contribution >= 0.6 is 11.3 Å². The van der Waals surface area contributed by atoms with Gasteiger partial charge in [-0.25, -0.2) is 4.98 Å². The first kappa shape index (κ1) is 14.2. The van der Waals surface area contributed by atoms with Gasteiger partial charge in [-0.15, -0.1) is 11.3 Å². The standard InChI is InChI=1S/C17H19N3S/c1-4-18-12(3)16-10-19-17(21-16)14-7-8-15-13(9-14)6-5-11(2)20-15/h5-10,12,18H,4H2,1-3H3. The highest BCUT2D eigenvalue weighted by atomic mass is 32.1. The van der Waals surface area contributed by atoms with Crippen LogP contribution in [0.25, 0.3) is 21.5 Å². The number of benzene rings is 1. The lowest BCUT2D eigenvalue weighted by Crippen LogP contribution is -2.16. The van der Waals surface area contributed by atoms with E-state index in [4.69, 9.17) is 0 Å². The van der Waals surface area contributed by atoms with Crippen molar-refractivity contribution in [2.75, 3.05) is 6.54 Å². The zero-order valence-corrected chi connectivity index (χ0v) is 13.4. The number of rotatable bonds is 4. The Labute approximate surface area is 129 Å². The van der Waals surface area contributed by atoms with Gasteiger partial charge in [0.2, 0.25) is 0 Å². The van der Waals surface area contributed by atoms with Crippen LogP contribution in [0.1, 0.15) is 30.5 Å². The number of aromatic nitrogens is 2. The van der Waals surface area contributed by atoms with E-state index in [-0.39, 0.29) is 0 Å². The van der Waals surface area contributed by atoms with Crippen LogP contribution in [0.3, 0.4) is 0 Å². The van der Waals surface area contributed by atoms with Crippen LogP contribution < -0.4 is 5.32 Å². The molecular weight excluding hydrogens is 278 g/mol. The van der Waals surface area contributed by atoms with E-state index in [2.05, 4.69) is 53.4 Å². The molecule has 0 spiro atoms. The summed E-state index contributed by atoms with van der Waals surface area (Å²) in [5.41, 5.74) is 3.25. The van der Waals surface area contributed by atoms with Crippen LogP contribution in [0.4, 0.5) is 0 Å². The summed E-state index contributed by atoms with van der Waals surface area (Å²) < 4.78 is 0. The predicted octanol–water partition coefficient (Wildman–Crippen LogP) is 4.34. The molecule has 4 heteroatoms. The topological polar surface area (TPSA) is 37.8 Å². The summed E-state index contributed by atoms with van der Waals surface area (Å²) in [5, 5.41) is 5.65. The first-order valence-electron chi connectivity index (χ1n) is 7.24. The minimum atomic E-state index is 0.353. The van der Waals surface area contributed by atoms with Gasteiger partial charge in [0, 0.05) is 33.8 Å². The molecule has 1 N–H and O–H groups in total. The maximum atomic E-state index is 4.57. The number of hydrogen-bond donors (Lipinski definition) is 1. The van der Waals surface area contributed by atoms with Gasteiger partial charge in [-0.1, -0.05) is 13.0 Å². The molecule has 3 rings (SSSR count). The fourth-order valence-corrected chi connectivity index (χ4v) is 3.33. The zero-order chi connectivity index (χ0) is 14.8. The van der Waals surface area contributed by atoms with Gasteiger partial charge in [0.15, 0.2) is 0 Å². The van der Waals surface area contributed by atoms with Crippen molar-refractivity contribution in [1.82, 2.24) is 15.3 Å². The van der Waals surface area contributed by atoms with Crippen LogP contribution in [0.5, 0.6) is 0 Å². The smallest absolute Gasteiger partial charge is 0.123 e. The molecular formula is C17H19N3S. The highest BCUT2D eigenvalue weighted by Gasteiger charge is 2.10. The van der Waals surface area contributed by atoms with Gasteiger partial charge in [-0.2, -0.15) is 0 Å². The second kappa shape index (κ2) is 5.92. The van der Waals surface area contributed by atoms with Crippen molar-refractivity contribution in [3.63, 3.8) is 0 Å². The van der Waals surface area contributed by atoms with E-state index in [0.29, 0.717) is 6.04 Å². The lowest BCUT2D eigenvalue weighted by molar-refractivity contribution is 0.606. The lowest BCUT2D eigenvalue weighted by atomic mass is 10.1. The average molecular weight is 297 g/mol. The van der Waals surface area contributed by atoms with Crippen molar-refractivity contribution in [2.24, 2.45) is 0 Å². The number of thiazole rings is 1. The first-order chi connectivity index (χ1) is 10.2. The van der Waals surface area contributed by atoms with Gasteiger partial charge in [-0.05, 0) is 44.7 Å². The van der Waals surface area contributed by atoms with Crippen molar-refractivity contribution < 1.29 is 0 Å². The van der Waals surface area contributed by atoms with Crippen LogP contribution in [-0.4, -0.2) is 16.5 Å². The van der Waals surface area contributed by atoms with Gasteiger partial charge in [0.05, 0.1) is 5.52 Å². The number of fused-ring (bicyclic) bond motifs is 1. The molecule has 1 atom stereocenters. The number of nitrogens with one attached hydrogen (secondary N) is 1. The van der Waals surface area contributed by atoms with E-state index < -0.39 is 0 Å². The third-order valence-corrected chi connectivity index (χ3v) is 4.77. The molecule has 0 aliphatic carbocycles. The fraction of sp³-hybridized carbons (Fsp3) is 0.294. The third kappa shape index (κ3) is 2.96. The summed E-state index contributed by atoms with van der Waals surface area (Å²) in [6.45, 7) is 7.28. The molecule has 0 saturated carbocycles. The van der Waals surface area contributed by atoms with Crippen molar-refractivity contribution >= 4 is 22.2 Å². The predicted molar refractivity (Wildman–Crippen MR) is 89.7 cm³/mol. The highest BCUT2D eigenvalue weighted by molar-refractivity contribution is 7.15. The normalized spacial score (nSPS) is 12.7. The third-order valence-electron chi connectivity index (χ3n) is 3.54. The number of nitrogens with zero attached hydrogens (tertiary/aromatic N) is 2. The molecule has 0 aliphatic heterocycles. The van der Waals surface area contributed by atoms with Crippen LogP contribution in [0.2, 0.25) is 0 Å². The monoisotopic (exact) mass is 297 g/mol. The van der Waals surface area contributed by atoms with Gasteiger partial charge in [-0.3, -0.25) is 4.98 Å². The van der Waals surface area contributed by atoms with Crippen molar-refractivity contribution in [2.45, 2.75) is 26.8 Å². The van der Waals surface area contributed by atoms with Crippen LogP contribution in [0, 0.1) is 6.92 Å². The van der Waals surface area contributed by atoms with Crippen LogP contribution in [-0.2, 0) is 0 Å². The van der Waals surface area contributed by atoms with E-state index in [0.717, 1.165) is 33.7 Å². The first-order valence-corrected chi connectivity index (χ1v) is 8.06. The summed E-state index contributed by atoms with van der Waals surface area (Å²) in [6, 6.07) is 10.9. The summed E-state index contributed by atoms with van der Waals surface area (Å²) in [7, 11) is 0. The second-order valence-corrected chi connectivity index (χ2v) is 6.27. The number of pyridine rings is 1. The molecule has 21 heavy (non-hydrogen) atoms. The van der Waals surface area contributed by atoms with Gasteiger partial charge < -0.3 is 5.32 Å². The molecule has 3 aromatic rings. The molecule has 1 unspecified atom stereocenters. The highest BCUT2D eigenvalue weighted by Crippen LogP contribution is 2.30. The molecule has 3 nitrogen and oxygen atoms in total. The van der Waals surface area contributed by atoms with E-state index in [1.165, 1.54) is 4.88 Å². The SMILES string of the molecule is CCNC(C)c1cnc(-c2ccc3nc(C)ccc3c2)s1. The Morgan fingerprint density at radius 3 is 2.90 bits per heavy atom. The Balaban J connectivity index is 1.95.